The van der Waals surface area contributed by atoms with Crippen molar-refractivity contribution < 1.29 is 14.2 Å². The number of nitrogens with zero attached hydrogens (tertiary/aromatic N) is 2. The second-order valence-electron chi connectivity index (χ2n) is 4.42. The lowest BCUT2D eigenvalue weighted by molar-refractivity contribution is -0.191. The average Bonchev–Trinajstić information content (AvgIpc) is 2.47. The van der Waals surface area contributed by atoms with E-state index in [1.165, 1.54) is 0 Å². The first-order valence-corrected chi connectivity index (χ1v) is 6.55. The standard InChI is InChI=1S/C14H18N2O3/c15-7-6-13(19-14-5-1-2-9-17-14)11-18-12-4-3-8-16-10-12/h3-4,8,10,13-14H,1-2,5-6,9,11H2. The molecule has 0 aromatic carbocycles. The van der Waals surface area contributed by atoms with Gasteiger partial charge in [0.2, 0.25) is 0 Å². The largest absolute Gasteiger partial charge is 0.489 e. The molecule has 102 valence electrons. The minimum Gasteiger partial charge on any atom is -0.489 e. The molecule has 1 aliphatic rings. The lowest BCUT2D eigenvalue weighted by Gasteiger charge is -2.26. The smallest absolute Gasteiger partial charge is 0.158 e. The maximum absolute atomic E-state index is 8.82. The van der Waals surface area contributed by atoms with Crippen molar-refractivity contribution in [3.05, 3.63) is 24.5 Å². The van der Waals surface area contributed by atoms with Crippen molar-refractivity contribution in [3.63, 3.8) is 0 Å². The molecule has 2 heterocycles. The number of aromatic nitrogens is 1. The Morgan fingerprint density at radius 1 is 1.53 bits per heavy atom. The van der Waals surface area contributed by atoms with Crippen LogP contribution in [0, 0.1) is 11.3 Å². The molecular formula is C14H18N2O3. The van der Waals surface area contributed by atoms with Gasteiger partial charge in [0, 0.05) is 12.8 Å². The Morgan fingerprint density at radius 3 is 3.16 bits per heavy atom. The van der Waals surface area contributed by atoms with Crippen LogP contribution >= 0.6 is 0 Å². The van der Waals surface area contributed by atoms with Gasteiger partial charge in [0.1, 0.15) is 18.5 Å². The summed E-state index contributed by atoms with van der Waals surface area (Å²) < 4.78 is 16.8. The van der Waals surface area contributed by atoms with Gasteiger partial charge in [-0.15, -0.1) is 0 Å². The van der Waals surface area contributed by atoms with Gasteiger partial charge in [0.05, 0.1) is 18.7 Å². The molecule has 1 aromatic heterocycles. The summed E-state index contributed by atoms with van der Waals surface area (Å²) in [4.78, 5) is 3.97. The summed E-state index contributed by atoms with van der Waals surface area (Å²) in [7, 11) is 0. The topological polar surface area (TPSA) is 64.4 Å². The van der Waals surface area contributed by atoms with Crippen LogP contribution < -0.4 is 4.74 Å². The van der Waals surface area contributed by atoms with Gasteiger partial charge in [0.25, 0.3) is 0 Å². The number of nitriles is 1. The monoisotopic (exact) mass is 262 g/mol. The van der Waals surface area contributed by atoms with Crippen LogP contribution in [0.25, 0.3) is 0 Å². The Bertz CT molecular complexity index is 399. The van der Waals surface area contributed by atoms with E-state index in [0.717, 1.165) is 25.9 Å². The number of rotatable bonds is 6. The van der Waals surface area contributed by atoms with Crippen molar-refractivity contribution in [2.45, 2.75) is 38.1 Å². The molecule has 1 saturated heterocycles. The van der Waals surface area contributed by atoms with Gasteiger partial charge >= 0.3 is 0 Å². The number of pyridine rings is 1. The molecule has 0 aliphatic carbocycles. The molecule has 0 amide bonds. The van der Waals surface area contributed by atoms with Crippen LogP contribution in [-0.2, 0) is 9.47 Å². The summed E-state index contributed by atoms with van der Waals surface area (Å²) in [5.74, 6) is 0.679. The summed E-state index contributed by atoms with van der Waals surface area (Å²) in [6.07, 6.45) is 6.21. The Hall–Kier alpha value is -1.64. The van der Waals surface area contributed by atoms with E-state index in [4.69, 9.17) is 19.5 Å². The van der Waals surface area contributed by atoms with Crippen molar-refractivity contribution in [1.29, 1.82) is 5.26 Å². The zero-order valence-electron chi connectivity index (χ0n) is 10.8. The quantitative estimate of drug-likeness (QED) is 0.787. The van der Waals surface area contributed by atoms with E-state index < -0.39 is 0 Å². The number of hydrogen-bond donors (Lipinski definition) is 0. The summed E-state index contributed by atoms with van der Waals surface area (Å²) in [6.45, 7) is 1.06. The molecule has 2 rings (SSSR count). The Balaban J connectivity index is 1.80. The summed E-state index contributed by atoms with van der Waals surface area (Å²) >= 11 is 0. The molecule has 1 aliphatic heterocycles. The van der Waals surface area contributed by atoms with Crippen LogP contribution in [0.4, 0.5) is 0 Å². The fraction of sp³-hybridized carbons (Fsp3) is 0.571. The van der Waals surface area contributed by atoms with Gasteiger partial charge in [0.15, 0.2) is 6.29 Å². The fourth-order valence-corrected chi connectivity index (χ4v) is 1.90. The second-order valence-corrected chi connectivity index (χ2v) is 4.42. The van der Waals surface area contributed by atoms with Crippen LogP contribution in [0.3, 0.4) is 0 Å². The summed E-state index contributed by atoms with van der Waals surface area (Å²) in [5.41, 5.74) is 0. The molecule has 0 saturated carbocycles. The molecule has 5 nitrogen and oxygen atoms in total. The van der Waals surface area contributed by atoms with Crippen molar-refractivity contribution in [2.75, 3.05) is 13.2 Å². The molecule has 2 unspecified atom stereocenters. The lowest BCUT2D eigenvalue weighted by atomic mass is 10.2. The fourth-order valence-electron chi connectivity index (χ4n) is 1.90. The Morgan fingerprint density at radius 2 is 2.47 bits per heavy atom. The second kappa shape index (κ2) is 7.72. The van der Waals surface area contributed by atoms with Crippen LogP contribution in [0.5, 0.6) is 5.75 Å². The first-order chi connectivity index (χ1) is 9.38. The molecule has 0 N–H and O–H groups in total. The molecule has 0 bridgehead atoms. The number of hydrogen-bond acceptors (Lipinski definition) is 5. The van der Waals surface area contributed by atoms with Crippen molar-refractivity contribution in [2.24, 2.45) is 0 Å². The molecule has 2 atom stereocenters. The van der Waals surface area contributed by atoms with E-state index in [1.54, 1.807) is 18.5 Å². The van der Waals surface area contributed by atoms with Gasteiger partial charge in [-0.25, -0.2) is 0 Å². The molecule has 19 heavy (non-hydrogen) atoms. The Kier molecular flexibility index (Phi) is 5.60. The molecular weight excluding hydrogens is 244 g/mol. The van der Waals surface area contributed by atoms with E-state index in [2.05, 4.69) is 11.1 Å². The normalized spacial score (nSPS) is 20.5. The van der Waals surface area contributed by atoms with Gasteiger partial charge in [-0.3, -0.25) is 4.98 Å². The summed E-state index contributed by atoms with van der Waals surface area (Å²) in [5, 5.41) is 8.82. The number of ether oxygens (including phenoxy) is 3. The lowest BCUT2D eigenvalue weighted by Crippen LogP contribution is -2.31. The SMILES string of the molecule is N#CCC(COc1cccnc1)OC1CCCCO1. The third-order valence-corrected chi connectivity index (χ3v) is 2.87. The highest BCUT2D eigenvalue weighted by atomic mass is 16.7. The van der Waals surface area contributed by atoms with Crippen LogP contribution in [-0.4, -0.2) is 30.6 Å². The predicted octanol–water partition coefficient (Wildman–Crippen LogP) is 2.29. The average molecular weight is 262 g/mol. The van der Waals surface area contributed by atoms with Crippen molar-refractivity contribution in [3.8, 4) is 11.8 Å². The zero-order chi connectivity index (χ0) is 13.3. The Labute approximate surface area is 113 Å². The van der Waals surface area contributed by atoms with Crippen LogP contribution in [0.15, 0.2) is 24.5 Å². The third kappa shape index (κ3) is 4.86. The van der Waals surface area contributed by atoms with E-state index in [0.29, 0.717) is 18.8 Å². The van der Waals surface area contributed by atoms with Gasteiger partial charge < -0.3 is 14.2 Å². The minimum atomic E-state index is -0.270. The van der Waals surface area contributed by atoms with Gasteiger partial charge in [-0.1, -0.05) is 0 Å². The molecule has 1 aromatic rings. The predicted molar refractivity (Wildman–Crippen MR) is 68.4 cm³/mol. The first kappa shape index (κ1) is 13.8. The van der Waals surface area contributed by atoms with Crippen molar-refractivity contribution >= 4 is 0 Å². The third-order valence-electron chi connectivity index (χ3n) is 2.87. The summed E-state index contributed by atoms with van der Waals surface area (Å²) in [6, 6.07) is 5.75. The van der Waals surface area contributed by atoms with E-state index in [1.807, 2.05) is 6.07 Å². The van der Waals surface area contributed by atoms with E-state index >= 15 is 0 Å². The maximum Gasteiger partial charge on any atom is 0.158 e. The zero-order valence-corrected chi connectivity index (χ0v) is 10.8. The van der Waals surface area contributed by atoms with E-state index in [-0.39, 0.29) is 12.4 Å². The van der Waals surface area contributed by atoms with E-state index in [9.17, 15) is 0 Å². The highest BCUT2D eigenvalue weighted by Gasteiger charge is 2.20. The molecule has 0 spiro atoms. The van der Waals surface area contributed by atoms with Crippen LogP contribution in [0.1, 0.15) is 25.7 Å². The van der Waals surface area contributed by atoms with Gasteiger partial charge in [-0.05, 0) is 31.4 Å². The highest BCUT2D eigenvalue weighted by Crippen LogP contribution is 2.17. The molecule has 1 fully saturated rings. The van der Waals surface area contributed by atoms with Gasteiger partial charge in [-0.2, -0.15) is 5.26 Å². The highest BCUT2D eigenvalue weighted by molar-refractivity contribution is 5.15. The molecule has 5 heteroatoms. The molecule has 0 radical (unpaired) electrons. The van der Waals surface area contributed by atoms with Crippen molar-refractivity contribution in [1.82, 2.24) is 4.98 Å². The maximum atomic E-state index is 8.82. The first-order valence-electron chi connectivity index (χ1n) is 6.55. The van der Waals surface area contributed by atoms with Crippen LogP contribution in [0.2, 0.25) is 0 Å². The minimum absolute atomic E-state index is 0.204.